The maximum atomic E-state index is 11.2. The quantitative estimate of drug-likeness (QED) is 0.818. The maximum Gasteiger partial charge on any atom is 0.338 e. The van der Waals surface area contributed by atoms with Gasteiger partial charge in [0, 0.05) is 4.88 Å². The molecular formula is C11H13ClO2S. The van der Waals surface area contributed by atoms with Gasteiger partial charge in [-0.25, -0.2) is 4.79 Å². The van der Waals surface area contributed by atoms with Crippen molar-refractivity contribution in [2.75, 3.05) is 0 Å². The Labute approximate surface area is 97.9 Å². The number of hydrogen-bond acceptors (Lipinski definition) is 2. The molecule has 15 heavy (non-hydrogen) atoms. The minimum absolute atomic E-state index is 0.0506. The van der Waals surface area contributed by atoms with Gasteiger partial charge in [-0.2, -0.15) is 0 Å². The van der Waals surface area contributed by atoms with Gasteiger partial charge in [-0.3, -0.25) is 0 Å². The van der Waals surface area contributed by atoms with Crippen LogP contribution in [-0.2, 0) is 11.8 Å². The summed E-state index contributed by atoms with van der Waals surface area (Å²) in [6.07, 6.45) is 3.12. The molecule has 1 heterocycles. The molecule has 2 nitrogen and oxygen atoms in total. The van der Waals surface area contributed by atoms with Gasteiger partial charge in [0.15, 0.2) is 0 Å². The van der Waals surface area contributed by atoms with Crippen molar-refractivity contribution in [3.8, 4) is 0 Å². The Morgan fingerprint density at radius 3 is 2.80 bits per heavy atom. The second-order valence-corrected chi connectivity index (χ2v) is 6.30. The summed E-state index contributed by atoms with van der Waals surface area (Å²) in [5.41, 5.74) is 1.25. The highest BCUT2D eigenvalue weighted by atomic mass is 35.5. The summed E-state index contributed by atoms with van der Waals surface area (Å²) in [5.74, 6) is -0.896. The van der Waals surface area contributed by atoms with Gasteiger partial charge in [-0.1, -0.05) is 25.4 Å². The first kappa shape index (κ1) is 11.0. The summed E-state index contributed by atoms with van der Waals surface area (Å²) < 4.78 is 0.433. The molecule has 1 aromatic heterocycles. The highest BCUT2D eigenvalue weighted by molar-refractivity contribution is 7.16. The number of carboxylic acid groups (broad SMARTS) is 1. The van der Waals surface area contributed by atoms with Gasteiger partial charge < -0.3 is 5.11 Å². The zero-order valence-corrected chi connectivity index (χ0v) is 10.3. The van der Waals surface area contributed by atoms with Gasteiger partial charge in [0.1, 0.15) is 4.34 Å². The van der Waals surface area contributed by atoms with Gasteiger partial charge in [-0.15, -0.1) is 11.3 Å². The molecule has 0 fully saturated rings. The third kappa shape index (κ3) is 1.68. The van der Waals surface area contributed by atoms with Crippen LogP contribution in [0.3, 0.4) is 0 Å². The molecule has 0 spiro atoms. The Hall–Kier alpha value is -0.540. The van der Waals surface area contributed by atoms with Crippen molar-refractivity contribution in [1.82, 2.24) is 0 Å². The fourth-order valence-electron chi connectivity index (χ4n) is 2.35. The highest BCUT2D eigenvalue weighted by Gasteiger charge is 2.35. The van der Waals surface area contributed by atoms with Crippen LogP contribution in [0, 0.1) is 0 Å². The monoisotopic (exact) mass is 244 g/mol. The number of thiophene rings is 1. The van der Waals surface area contributed by atoms with Crippen LogP contribution in [0.1, 0.15) is 47.5 Å². The van der Waals surface area contributed by atoms with Crippen LogP contribution < -0.4 is 0 Å². The molecule has 1 aromatic rings. The minimum Gasteiger partial charge on any atom is -0.478 e. The number of aromatic carboxylic acids is 1. The fourth-order valence-corrected chi connectivity index (χ4v) is 4.04. The average Bonchev–Trinajstić information content (AvgIpc) is 2.42. The number of halogens is 1. The first-order valence-corrected chi connectivity index (χ1v) is 6.18. The number of rotatable bonds is 1. The molecular weight excluding hydrogens is 232 g/mol. The molecule has 1 aliphatic rings. The van der Waals surface area contributed by atoms with Crippen molar-refractivity contribution in [1.29, 1.82) is 0 Å². The number of aryl methyl sites for hydroxylation is 1. The van der Waals surface area contributed by atoms with Crippen molar-refractivity contribution in [2.45, 2.75) is 38.5 Å². The minimum atomic E-state index is -0.896. The smallest absolute Gasteiger partial charge is 0.338 e. The lowest BCUT2D eigenvalue weighted by Crippen LogP contribution is -2.24. The summed E-state index contributed by atoms with van der Waals surface area (Å²) in [4.78, 5) is 12.3. The molecule has 4 heteroatoms. The lowest BCUT2D eigenvalue weighted by Gasteiger charge is -2.30. The molecule has 0 radical (unpaired) electrons. The number of fused-ring (bicyclic) bond motifs is 1. The summed E-state index contributed by atoms with van der Waals surface area (Å²) >= 11 is 7.43. The Morgan fingerprint density at radius 2 is 2.20 bits per heavy atom. The largest absolute Gasteiger partial charge is 0.478 e. The molecule has 0 atom stereocenters. The van der Waals surface area contributed by atoms with Gasteiger partial charge in [0.25, 0.3) is 0 Å². The second kappa shape index (κ2) is 3.49. The van der Waals surface area contributed by atoms with Crippen LogP contribution in [0.5, 0.6) is 0 Å². The molecule has 0 saturated carbocycles. The van der Waals surface area contributed by atoms with Gasteiger partial charge >= 0.3 is 5.97 Å². The van der Waals surface area contributed by atoms with Crippen LogP contribution in [0.25, 0.3) is 0 Å². The van der Waals surface area contributed by atoms with E-state index in [2.05, 4.69) is 13.8 Å². The van der Waals surface area contributed by atoms with E-state index in [-0.39, 0.29) is 5.41 Å². The number of carbonyl (C=O) groups is 1. The van der Waals surface area contributed by atoms with Gasteiger partial charge in [0.05, 0.1) is 5.56 Å². The zero-order valence-electron chi connectivity index (χ0n) is 8.76. The first-order chi connectivity index (χ1) is 6.93. The topological polar surface area (TPSA) is 37.3 Å². The van der Waals surface area contributed by atoms with Gasteiger partial charge in [0.2, 0.25) is 0 Å². The van der Waals surface area contributed by atoms with Crippen molar-refractivity contribution in [3.05, 3.63) is 20.3 Å². The van der Waals surface area contributed by atoms with E-state index in [1.807, 2.05) is 0 Å². The van der Waals surface area contributed by atoms with E-state index < -0.39 is 5.97 Å². The molecule has 0 amide bonds. The van der Waals surface area contributed by atoms with E-state index in [9.17, 15) is 4.79 Å². The second-order valence-electron chi connectivity index (χ2n) is 4.59. The summed E-state index contributed by atoms with van der Waals surface area (Å²) in [5, 5.41) is 9.16. The maximum absolute atomic E-state index is 11.2. The van der Waals surface area contributed by atoms with Crippen molar-refractivity contribution in [3.63, 3.8) is 0 Å². The van der Waals surface area contributed by atoms with E-state index in [0.717, 1.165) is 29.7 Å². The SMILES string of the molecule is CC1(C)CCCc2sc(Cl)c(C(=O)O)c21. The third-order valence-electron chi connectivity index (χ3n) is 3.03. The summed E-state index contributed by atoms with van der Waals surface area (Å²) in [6, 6.07) is 0. The van der Waals surface area contributed by atoms with Crippen molar-refractivity contribution >= 4 is 28.9 Å². The van der Waals surface area contributed by atoms with E-state index >= 15 is 0 Å². The Kier molecular flexibility index (Phi) is 2.55. The van der Waals surface area contributed by atoms with E-state index in [0.29, 0.717) is 9.90 Å². The van der Waals surface area contributed by atoms with Crippen molar-refractivity contribution < 1.29 is 9.90 Å². The number of hydrogen-bond donors (Lipinski definition) is 1. The summed E-state index contributed by atoms with van der Waals surface area (Å²) in [6.45, 7) is 4.20. The molecule has 0 aliphatic heterocycles. The standard InChI is InChI=1S/C11H13ClO2S/c1-11(2)5-3-4-6-8(11)7(10(13)14)9(12)15-6/h3-5H2,1-2H3,(H,13,14). The lowest BCUT2D eigenvalue weighted by molar-refractivity contribution is 0.0694. The predicted octanol–water partition coefficient (Wildman–Crippen LogP) is 3.71. The predicted molar refractivity (Wildman–Crippen MR) is 62.3 cm³/mol. The molecule has 0 saturated heterocycles. The van der Waals surface area contributed by atoms with E-state index in [1.54, 1.807) is 0 Å². The van der Waals surface area contributed by atoms with E-state index in [4.69, 9.17) is 16.7 Å². The molecule has 2 rings (SSSR count). The summed E-state index contributed by atoms with van der Waals surface area (Å²) in [7, 11) is 0. The molecule has 1 aliphatic carbocycles. The average molecular weight is 245 g/mol. The van der Waals surface area contributed by atoms with Gasteiger partial charge in [-0.05, 0) is 30.2 Å². The fraction of sp³-hybridized carbons (Fsp3) is 0.545. The lowest BCUT2D eigenvalue weighted by atomic mass is 9.74. The van der Waals surface area contributed by atoms with E-state index in [1.165, 1.54) is 11.3 Å². The Bertz CT molecular complexity index is 420. The first-order valence-electron chi connectivity index (χ1n) is 4.98. The highest BCUT2D eigenvalue weighted by Crippen LogP contribution is 2.45. The van der Waals surface area contributed by atoms with Crippen LogP contribution in [0.4, 0.5) is 0 Å². The zero-order chi connectivity index (χ0) is 11.2. The normalized spacial score (nSPS) is 18.6. The number of carboxylic acids is 1. The molecule has 82 valence electrons. The van der Waals surface area contributed by atoms with Crippen LogP contribution in [0.2, 0.25) is 4.34 Å². The Balaban J connectivity index is 2.67. The van der Waals surface area contributed by atoms with Crippen LogP contribution >= 0.6 is 22.9 Å². The molecule has 1 N–H and O–H groups in total. The Morgan fingerprint density at radius 1 is 1.53 bits per heavy atom. The third-order valence-corrected chi connectivity index (χ3v) is 4.49. The molecule has 0 bridgehead atoms. The van der Waals surface area contributed by atoms with Crippen molar-refractivity contribution in [2.24, 2.45) is 0 Å². The molecule has 0 aromatic carbocycles. The van der Waals surface area contributed by atoms with Crippen LogP contribution in [0.15, 0.2) is 0 Å². The molecule has 0 unspecified atom stereocenters. The van der Waals surface area contributed by atoms with Crippen LogP contribution in [-0.4, -0.2) is 11.1 Å².